The average Bonchev–Trinajstić information content (AvgIpc) is 3.48. The van der Waals surface area contributed by atoms with Crippen molar-refractivity contribution in [2.75, 3.05) is 23.4 Å². The first-order chi connectivity index (χ1) is 40.0. The van der Waals surface area contributed by atoms with E-state index in [0.29, 0.717) is 28.1 Å². The maximum atomic E-state index is 14.8. The van der Waals surface area contributed by atoms with Crippen molar-refractivity contribution in [2.24, 2.45) is 22.9 Å². The second-order valence-electron chi connectivity index (χ2n) is 19.9. The van der Waals surface area contributed by atoms with Gasteiger partial charge in [-0.2, -0.15) is 0 Å². The van der Waals surface area contributed by atoms with Gasteiger partial charge in [0.25, 0.3) is 0 Å². The molecule has 84 heavy (non-hydrogen) atoms. The molecular formula is C56H71ClN12O13S2. The summed E-state index contributed by atoms with van der Waals surface area (Å²) in [7, 11) is 1.94. The first kappa shape index (κ1) is 66.8. The number of unbranched alkanes of at least 4 members (excludes halogenated alkanes) is 1. The van der Waals surface area contributed by atoms with Gasteiger partial charge in [0.2, 0.25) is 59.1 Å². The largest absolute Gasteiger partial charge is 0.508 e. The molecule has 0 aromatic heterocycles. The minimum absolute atomic E-state index is 0.0557. The van der Waals surface area contributed by atoms with Crippen LogP contribution in [-0.2, 0) is 73.6 Å². The number of carbonyl (C=O) groups is 10. The molecule has 9 atom stereocenters. The fraction of sp³-hybridized carbons (Fsp3) is 0.393. The summed E-state index contributed by atoms with van der Waals surface area (Å²) < 4.78 is 0. The van der Waals surface area contributed by atoms with Gasteiger partial charge in [0.1, 0.15) is 53.8 Å². The normalized spacial score (nSPS) is 20.4. The fourth-order valence-electron chi connectivity index (χ4n) is 8.43. The molecule has 0 unspecified atom stereocenters. The van der Waals surface area contributed by atoms with E-state index in [1.807, 2.05) is 0 Å². The summed E-state index contributed by atoms with van der Waals surface area (Å²) in [5, 5.41) is 52.5. The quantitative estimate of drug-likeness (QED) is 0.0343. The fourth-order valence-corrected chi connectivity index (χ4v) is 10.9. The second-order valence-corrected chi connectivity index (χ2v) is 22.9. The number of aliphatic hydroxyl groups excluding tert-OH is 1. The molecule has 1 aliphatic heterocycles. The van der Waals surface area contributed by atoms with E-state index < -0.39 is 120 Å². The van der Waals surface area contributed by atoms with Crippen LogP contribution in [0.2, 0.25) is 5.02 Å². The van der Waals surface area contributed by atoms with E-state index in [1.165, 1.54) is 79.7 Å². The van der Waals surface area contributed by atoms with Gasteiger partial charge in [-0.15, -0.1) is 0 Å². The van der Waals surface area contributed by atoms with Gasteiger partial charge in [-0.1, -0.05) is 81.7 Å². The van der Waals surface area contributed by atoms with E-state index in [0.717, 1.165) is 27.2 Å². The molecule has 5 rings (SSSR count). The number of rotatable bonds is 22. The van der Waals surface area contributed by atoms with Crippen molar-refractivity contribution in [2.45, 2.75) is 119 Å². The third-order valence-corrected chi connectivity index (χ3v) is 15.8. The van der Waals surface area contributed by atoms with Crippen molar-refractivity contribution in [3.8, 4) is 11.5 Å². The number of phenols is 2. The molecule has 0 bridgehead atoms. The SMILES string of the molecule is C[C@@H](O)[C@@H]1NC(=O)[C@H](CCCCN)NC(=O)[C@@H](Cc2ccc(NC(=O)[C@@H](N)CC(N)=O)cc2)NC(=O)[C@H](Cc2ccc(O)cc2)NC(=O)[C@H](NC(=O)CCc2ccc(Cl)cc2)CSSC[C@@H](C(=O)N[C@H](Cc2ccc(O)cc2)C(N)=O)NC1=O. The van der Waals surface area contributed by atoms with E-state index in [-0.39, 0.29) is 80.2 Å². The zero-order valence-electron chi connectivity index (χ0n) is 45.8. The molecule has 0 spiro atoms. The zero-order valence-corrected chi connectivity index (χ0v) is 48.2. The summed E-state index contributed by atoms with van der Waals surface area (Å²) in [5.74, 6) is -9.32. The molecule has 10 amide bonds. The van der Waals surface area contributed by atoms with Crippen LogP contribution in [0, 0.1) is 0 Å². The summed E-state index contributed by atoms with van der Waals surface area (Å²) >= 11 is 6.07. The topological polar surface area (TPSA) is 432 Å². The van der Waals surface area contributed by atoms with Crippen LogP contribution in [0.15, 0.2) is 97.1 Å². The highest BCUT2D eigenvalue weighted by atomic mass is 35.5. The number of phenolic OH excluding ortho intramolecular Hbond substituents is 2. The second kappa shape index (κ2) is 33.4. The first-order valence-electron chi connectivity index (χ1n) is 26.8. The highest BCUT2D eigenvalue weighted by Crippen LogP contribution is 2.25. The summed E-state index contributed by atoms with van der Waals surface area (Å²) in [6, 6.07) is 12.5. The number of amides is 10. The molecule has 1 aliphatic rings. The summed E-state index contributed by atoms with van der Waals surface area (Å²) in [6.07, 6.45) is -1.97. The summed E-state index contributed by atoms with van der Waals surface area (Å²) in [6.45, 7) is 1.40. The molecule has 1 heterocycles. The molecule has 452 valence electrons. The Morgan fingerprint density at radius 1 is 0.667 bits per heavy atom. The van der Waals surface area contributed by atoms with Crippen LogP contribution in [0.1, 0.15) is 61.3 Å². The lowest BCUT2D eigenvalue weighted by Gasteiger charge is -2.29. The van der Waals surface area contributed by atoms with Gasteiger partial charge in [0, 0.05) is 47.9 Å². The molecule has 0 radical (unpaired) electrons. The predicted octanol–water partition coefficient (Wildman–Crippen LogP) is -0.663. The third-order valence-electron chi connectivity index (χ3n) is 13.1. The van der Waals surface area contributed by atoms with Crippen LogP contribution in [0.25, 0.3) is 0 Å². The Bertz CT molecular complexity index is 2930. The molecule has 1 saturated heterocycles. The molecule has 4 aromatic carbocycles. The highest BCUT2D eigenvalue weighted by Gasteiger charge is 2.36. The smallest absolute Gasteiger partial charge is 0.245 e. The maximum Gasteiger partial charge on any atom is 0.245 e. The minimum Gasteiger partial charge on any atom is -0.508 e. The molecule has 25 nitrogen and oxygen atoms in total. The predicted molar refractivity (Wildman–Crippen MR) is 316 cm³/mol. The zero-order chi connectivity index (χ0) is 61.5. The average molecular weight is 1220 g/mol. The van der Waals surface area contributed by atoms with Crippen LogP contribution < -0.4 is 65.5 Å². The van der Waals surface area contributed by atoms with Crippen molar-refractivity contribution >= 4 is 97.9 Å². The van der Waals surface area contributed by atoms with Crippen LogP contribution in [0.3, 0.4) is 0 Å². The number of aliphatic hydroxyl groups is 1. The third kappa shape index (κ3) is 22.3. The number of benzene rings is 4. The minimum atomic E-state index is -1.77. The van der Waals surface area contributed by atoms with Gasteiger partial charge in [0.05, 0.1) is 18.6 Å². The van der Waals surface area contributed by atoms with Crippen LogP contribution >= 0.6 is 33.2 Å². The number of carbonyl (C=O) groups excluding carboxylic acids is 10. The van der Waals surface area contributed by atoms with Gasteiger partial charge in [-0.05, 0) is 110 Å². The molecular weight excluding hydrogens is 1150 g/mol. The number of anilines is 1. The summed E-state index contributed by atoms with van der Waals surface area (Å²) in [4.78, 5) is 138. The monoisotopic (exact) mass is 1220 g/mol. The Kier molecular flexibility index (Phi) is 26.6. The van der Waals surface area contributed by atoms with E-state index >= 15 is 0 Å². The number of aryl methyl sites for hydroxylation is 1. The van der Waals surface area contributed by atoms with Crippen LogP contribution in [0.4, 0.5) is 5.69 Å². The van der Waals surface area contributed by atoms with Crippen molar-refractivity contribution in [1.29, 1.82) is 0 Å². The van der Waals surface area contributed by atoms with Crippen molar-refractivity contribution in [1.82, 2.24) is 37.2 Å². The van der Waals surface area contributed by atoms with E-state index in [9.17, 15) is 63.3 Å². The molecule has 0 saturated carbocycles. The first-order valence-corrected chi connectivity index (χ1v) is 29.6. The standard InChI is InChI=1S/C56H71ClN12O13S2/c1-30(70)48-56(82)68-45(55(81)65-41(49(61)75)24-33-9-18-37(71)19-10-33)29-84-83-28-44(63-47(74)22-13-31-5-14-35(57)15-6-31)54(80)67-43(26-34-11-20-38(72)21-12-34)53(79)66-42(52(78)64-40(51(77)69-48)4-2-3-23-58)25-32-7-16-36(17-8-32)62-50(76)39(59)27-46(60)73/h5-12,14-21,30,39-45,48,70-72H,2-4,13,22-29,58-59H2,1H3,(H2,60,73)(H2,61,75)(H,62,76)(H,63,74)(H,64,78)(H,65,81)(H,66,79)(H,67,80)(H,68,82)(H,69,77)/t30-,39+,40+,41-,42-,43+,44-,45+,48+/m1/s1. The number of halogens is 1. The summed E-state index contributed by atoms with van der Waals surface area (Å²) in [5.41, 5.74) is 24.9. The Labute approximate surface area is 497 Å². The van der Waals surface area contributed by atoms with Crippen LogP contribution in [0.5, 0.6) is 11.5 Å². The highest BCUT2D eigenvalue weighted by molar-refractivity contribution is 8.76. The number of hydrogen-bond acceptors (Lipinski definition) is 17. The number of aromatic hydroxyl groups is 2. The van der Waals surface area contributed by atoms with Gasteiger partial charge in [-0.25, -0.2) is 0 Å². The molecule has 19 N–H and O–H groups in total. The van der Waals surface area contributed by atoms with Gasteiger partial charge in [-0.3, -0.25) is 47.9 Å². The van der Waals surface area contributed by atoms with Gasteiger partial charge < -0.3 is 80.8 Å². The van der Waals surface area contributed by atoms with E-state index in [2.05, 4.69) is 42.5 Å². The molecule has 4 aromatic rings. The Morgan fingerprint density at radius 2 is 1.19 bits per heavy atom. The number of nitrogens with one attached hydrogen (secondary N) is 8. The number of nitrogens with two attached hydrogens (primary N) is 4. The van der Waals surface area contributed by atoms with Crippen LogP contribution in [-0.4, -0.2) is 147 Å². The van der Waals surface area contributed by atoms with E-state index in [1.54, 1.807) is 24.3 Å². The Hall–Kier alpha value is -7.95. The molecule has 0 aliphatic carbocycles. The van der Waals surface area contributed by atoms with E-state index in [4.69, 9.17) is 34.5 Å². The van der Waals surface area contributed by atoms with Crippen molar-refractivity contribution in [3.05, 3.63) is 124 Å². The lowest BCUT2D eigenvalue weighted by atomic mass is 10.0. The number of hydrogen-bond donors (Lipinski definition) is 15. The van der Waals surface area contributed by atoms with Gasteiger partial charge >= 0.3 is 0 Å². The number of primary amides is 2. The lowest BCUT2D eigenvalue weighted by molar-refractivity contribution is -0.136. The van der Waals surface area contributed by atoms with Crippen molar-refractivity contribution in [3.63, 3.8) is 0 Å². The maximum absolute atomic E-state index is 14.8. The lowest BCUT2D eigenvalue weighted by Crippen LogP contribution is -2.62. The van der Waals surface area contributed by atoms with Gasteiger partial charge in [0.15, 0.2) is 0 Å². The Morgan fingerprint density at radius 3 is 1.75 bits per heavy atom. The molecule has 28 heteroatoms. The van der Waals surface area contributed by atoms with Crippen molar-refractivity contribution < 1.29 is 63.3 Å². The Balaban J connectivity index is 1.56. The molecule has 1 fully saturated rings.